The first-order chi connectivity index (χ1) is 11.2. The molecule has 2 aromatic rings. The maximum atomic E-state index is 12.5. The van der Waals surface area contributed by atoms with Gasteiger partial charge in [0.25, 0.3) is 5.91 Å². The Kier molecular flexibility index (Phi) is 5.04. The molecule has 1 aromatic carbocycles. The highest BCUT2D eigenvalue weighted by Crippen LogP contribution is 2.14. The van der Waals surface area contributed by atoms with E-state index in [0.717, 1.165) is 17.6 Å². The van der Waals surface area contributed by atoms with Gasteiger partial charge in [0, 0.05) is 36.2 Å². The molecule has 0 unspecified atom stereocenters. The number of aromatic nitrogens is 2. The third kappa shape index (κ3) is 3.95. The third-order valence-corrected chi connectivity index (χ3v) is 4.33. The minimum absolute atomic E-state index is 0.0714. The number of hydrogen-bond donors (Lipinski definition) is 1. The predicted octanol–water partition coefficient (Wildman–Crippen LogP) is 1.25. The predicted molar refractivity (Wildman–Crippen MR) is 87.5 cm³/mol. The molecule has 0 spiro atoms. The molecule has 0 bridgehead atoms. The van der Waals surface area contributed by atoms with Gasteiger partial charge >= 0.3 is 0 Å². The molecule has 1 fully saturated rings. The molecule has 8 heteroatoms. The normalized spacial score (nSPS) is 15.8. The Balaban J connectivity index is 1.53. The van der Waals surface area contributed by atoms with Crippen LogP contribution < -0.4 is 5.73 Å². The molecule has 1 amide bonds. The first-order valence-electron chi connectivity index (χ1n) is 7.44. The molecule has 122 valence electrons. The number of hydrogen-bond acceptors (Lipinski definition) is 6. The van der Waals surface area contributed by atoms with Gasteiger partial charge in [0.05, 0.1) is 13.1 Å². The zero-order valence-electron chi connectivity index (χ0n) is 12.6. The molecule has 1 aliphatic heterocycles. The lowest BCUT2D eigenvalue weighted by Crippen LogP contribution is -2.48. The minimum Gasteiger partial charge on any atom is -0.338 e. The summed E-state index contributed by atoms with van der Waals surface area (Å²) in [6.45, 7) is 3.82. The summed E-state index contributed by atoms with van der Waals surface area (Å²) in [5, 5.41) is 3.90. The molecule has 2 N–H and O–H groups in total. The molecule has 0 atom stereocenters. The van der Waals surface area contributed by atoms with Crippen molar-refractivity contribution in [3.05, 3.63) is 46.0 Å². The summed E-state index contributed by atoms with van der Waals surface area (Å²) < 4.78 is 5.97. The first-order valence-corrected chi connectivity index (χ1v) is 8.24. The van der Waals surface area contributed by atoms with Crippen LogP contribution in [0.25, 0.3) is 0 Å². The topological polar surface area (TPSA) is 88.5 Å². The Bertz CT molecular complexity index is 665. The molecular weight excluding hydrogens is 362 g/mol. The summed E-state index contributed by atoms with van der Waals surface area (Å²) in [6.07, 6.45) is 0. The standard InChI is InChI=1S/C15H18BrN5O2/c16-12-3-1-11(2-4-12)15(22)21-7-5-20(6-8-21)10-13-18-14(9-17)23-19-13/h1-4H,5-10,17H2. The maximum Gasteiger partial charge on any atom is 0.253 e. The second kappa shape index (κ2) is 7.20. The van der Waals surface area contributed by atoms with Gasteiger partial charge < -0.3 is 15.2 Å². The van der Waals surface area contributed by atoms with Gasteiger partial charge in [-0.1, -0.05) is 21.1 Å². The summed E-state index contributed by atoms with van der Waals surface area (Å²) in [5.74, 6) is 1.16. The van der Waals surface area contributed by atoms with Crippen molar-refractivity contribution >= 4 is 21.8 Å². The number of carbonyl (C=O) groups excluding carboxylic acids is 1. The Morgan fingerprint density at radius 1 is 1.22 bits per heavy atom. The lowest BCUT2D eigenvalue weighted by Gasteiger charge is -2.34. The lowest BCUT2D eigenvalue weighted by molar-refractivity contribution is 0.0624. The Morgan fingerprint density at radius 2 is 1.91 bits per heavy atom. The summed E-state index contributed by atoms with van der Waals surface area (Å²) >= 11 is 3.38. The smallest absolute Gasteiger partial charge is 0.253 e. The largest absolute Gasteiger partial charge is 0.338 e. The summed E-state index contributed by atoms with van der Waals surface area (Å²) in [7, 11) is 0. The molecule has 1 aliphatic rings. The highest BCUT2D eigenvalue weighted by atomic mass is 79.9. The number of nitrogens with zero attached hydrogens (tertiary/aromatic N) is 4. The van der Waals surface area contributed by atoms with Crippen molar-refractivity contribution in [2.45, 2.75) is 13.1 Å². The van der Waals surface area contributed by atoms with Crippen molar-refractivity contribution in [1.82, 2.24) is 19.9 Å². The SMILES string of the molecule is NCc1nc(CN2CCN(C(=O)c3ccc(Br)cc3)CC2)no1. The quantitative estimate of drug-likeness (QED) is 0.859. The number of benzene rings is 1. The molecule has 0 radical (unpaired) electrons. The van der Waals surface area contributed by atoms with Gasteiger partial charge in [0.1, 0.15) is 0 Å². The molecule has 0 aliphatic carbocycles. The van der Waals surface area contributed by atoms with E-state index < -0.39 is 0 Å². The van der Waals surface area contributed by atoms with Crippen molar-refractivity contribution in [3.63, 3.8) is 0 Å². The van der Waals surface area contributed by atoms with Gasteiger partial charge in [-0.2, -0.15) is 4.98 Å². The summed E-state index contributed by atoms with van der Waals surface area (Å²) in [4.78, 5) is 20.7. The van der Waals surface area contributed by atoms with E-state index in [1.165, 1.54) is 0 Å². The van der Waals surface area contributed by atoms with Crippen LogP contribution in [0.4, 0.5) is 0 Å². The third-order valence-electron chi connectivity index (χ3n) is 3.80. The monoisotopic (exact) mass is 379 g/mol. The number of rotatable bonds is 4. The van der Waals surface area contributed by atoms with Crippen LogP contribution in [0.2, 0.25) is 0 Å². The van der Waals surface area contributed by atoms with Crippen LogP contribution in [0.5, 0.6) is 0 Å². The Morgan fingerprint density at radius 3 is 2.52 bits per heavy atom. The maximum absolute atomic E-state index is 12.5. The van der Waals surface area contributed by atoms with E-state index in [-0.39, 0.29) is 12.5 Å². The zero-order valence-corrected chi connectivity index (χ0v) is 14.2. The molecule has 1 aromatic heterocycles. The minimum atomic E-state index is 0.0714. The number of amides is 1. The second-order valence-electron chi connectivity index (χ2n) is 5.38. The first kappa shape index (κ1) is 16.1. The summed E-state index contributed by atoms with van der Waals surface area (Å²) in [5.41, 5.74) is 6.17. The van der Waals surface area contributed by atoms with Gasteiger partial charge in [-0.3, -0.25) is 9.69 Å². The van der Waals surface area contributed by atoms with Crippen LogP contribution >= 0.6 is 15.9 Å². The van der Waals surface area contributed by atoms with Crippen LogP contribution in [0.1, 0.15) is 22.1 Å². The fraction of sp³-hybridized carbons (Fsp3) is 0.400. The van der Waals surface area contributed by atoms with Crippen LogP contribution in [-0.4, -0.2) is 52.0 Å². The molecule has 1 saturated heterocycles. The van der Waals surface area contributed by atoms with E-state index in [1.807, 2.05) is 29.2 Å². The van der Waals surface area contributed by atoms with Gasteiger partial charge in [-0.25, -0.2) is 0 Å². The average molecular weight is 380 g/mol. The lowest BCUT2D eigenvalue weighted by atomic mass is 10.2. The Labute approximate surface area is 142 Å². The zero-order chi connectivity index (χ0) is 16.2. The number of piperazine rings is 1. The van der Waals surface area contributed by atoms with Crippen LogP contribution in [-0.2, 0) is 13.1 Å². The molecule has 7 nitrogen and oxygen atoms in total. The van der Waals surface area contributed by atoms with Crippen LogP contribution in [0, 0.1) is 0 Å². The highest BCUT2D eigenvalue weighted by Gasteiger charge is 2.23. The number of nitrogens with two attached hydrogens (primary N) is 1. The summed E-state index contributed by atoms with van der Waals surface area (Å²) in [6, 6.07) is 7.45. The van der Waals surface area contributed by atoms with Gasteiger partial charge in [0.2, 0.25) is 5.89 Å². The van der Waals surface area contributed by atoms with E-state index in [0.29, 0.717) is 36.9 Å². The fourth-order valence-corrected chi connectivity index (χ4v) is 2.79. The van der Waals surface area contributed by atoms with Crippen molar-refractivity contribution in [2.24, 2.45) is 5.73 Å². The molecule has 23 heavy (non-hydrogen) atoms. The van der Waals surface area contributed by atoms with E-state index in [4.69, 9.17) is 10.3 Å². The highest BCUT2D eigenvalue weighted by molar-refractivity contribution is 9.10. The van der Waals surface area contributed by atoms with E-state index in [2.05, 4.69) is 31.0 Å². The molecule has 3 rings (SSSR count). The fourth-order valence-electron chi connectivity index (χ4n) is 2.52. The average Bonchev–Trinajstić information content (AvgIpc) is 3.03. The molecule has 2 heterocycles. The van der Waals surface area contributed by atoms with Crippen molar-refractivity contribution < 1.29 is 9.32 Å². The van der Waals surface area contributed by atoms with Gasteiger partial charge in [-0.05, 0) is 24.3 Å². The van der Waals surface area contributed by atoms with Crippen LogP contribution in [0.3, 0.4) is 0 Å². The van der Waals surface area contributed by atoms with E-state index >= 15 is 0 Å². The Hall–Kier alpha value is -1.77. The van der Waals surface area contributed by atoms with Gasteiger partial charge in [0.15, 0.2) is 5.82 Å². The van der Waals surface area contributed by atoms with E-state index in [9.17, 15) is 4.79 Å². The molecular formula is C15H18BrN5O2. The van der Waals surface area contributed by atoms with Gasteiger partial charge in [-0.15, -0.1) is 0 Å². The van der Waals surface area contributed by atoms with E-state index in [1.54, 1.807) is 0 Å². The van der Waals surface area contributed by atoms with Crippen molar-refractivity contribution in [2.75, 3.05) is 26.2 Å². The number of carbonyl (C=O) groups is 1. The number of halogens is 1. The van der Waals surface area contributed by atoms with Crippen molar-refractivity contribution in [1.29, 1.82) is 0 Å². The van der Waals surface area contributed by atoms with Crippen LogP contribution in [0.15, 0.2) is 33.3 Å². The molecule has 0 saturated carbocycles. The van der Waals surface area contributed by atoms with Crippen molar-refractivity contribution in [3.8, 4) is 0 Å². The second-order valence-corrected chi connectivity index (χ2v) is 6.30.